The van der Waals surface area contributed by atoms with Crippen LogP contribution in [0.15, 0.2) is 18.2 Å². The van der Waals surface area contributed by atoms with E-state index < -0.39 is 23.6 Å². The van der Waals surface area contributed by atoms with Crippen molar-refractivity contribution in [2.24, 2.45) is 0 Å². The fraction of sp³-hybridized carbons (Fsp3) is 0.643. The molecular formula is C28H39F4N5O. The summed E-state index contributed by atoms with van der Waals surface area (Å²) >= 11 is 0. The Kier molecular flexibility index (Phi) is 7.32. The van der Waals surface area contributed by atoms with E-state index in [1.54, 1.807) is 6.92 Å². The number of nitrogens with zero attached hydrogens (tertiary/aromatic N) is 4. The van der Waals surface area contributed by atoms with Crippen molar-refractivity contribution in [2.75, 3.05) is 37.7 Å². The third kappa shape index (κ3) is 4.74. The summed E-state index contributed by atoms with van der Waals surface area (Å²) in [5.41, 5.74) is 0.166. The number of alkyl halides is 1. The molecule has 4 aliphatic rings. The number of benzene rings is 1. The molecule has 2 bridgehead atoms. The van der Waals surface area contributed by atoms with Crippen molar-refractivity contribution in [2.45, 2.75) is 83.1 Å². The molecule has 38 heavy (non-hydrogen) atoms. The van der Waals surface area contributed by atoms with Gasteiger partial charge in [0, 0.05) is 45.0 Å². The molecule has 210 valence electrons. The lowest BCUT2D eigenvalue weighted by molar-refractivity contribution is 0.107. The standard InChI is InChI=1S/C26H31F4N5O.C2H6.H2/c1-15-8-19-22(21(30)16(15)2)31-24(36-14-26-5-3-7-35(26)11-17(27)9-26)32-23(19)34-12-18-4-6-25(13-34,33-18)10-20(28)29;1-2;/h8,10,17-18,33H,3-7,9,11-14H2,1-2H3;1-2H3;1H/t17-,18-,25-,26+;;/m1../s1. The van der Waals surface area contributed by atoms with Gasteiger partial charge in [0.1, 0.15) is 24.1 Å². The van der Waals surface area contributed by atoms with Crippen LogP contribution >= 0.6 is 0 Å². The number of rotatable bonds is 5. The fourth-order valence-electron chi connectivity index (χ4n) is 6.81. The molecule has 6 rings (SSSR count). The number of fused-ring (bicyclic) bond motifs is 4. The zero-order valence-corrected chi connectivity index (χ0v) is 22.6. The van der Waals surface area contributed by atoms with Crippen LogP contribution in [0.1, 0.15) is 58.5 Å². The Balaban J connectivity index is 0.00000115. The highest BCUT2D eigenvalue weighted by atomic mass is 19.3. The van der Waals surface area contributed by atoms with Crippen LogP contribution in [-0.2, 0) is 0 Å². The first-order valence-electron chi connectivity index (χ1n) is 13.7. The maximum absolute atomic E-state index is 15.5. The third-order valence-electron chi connectivity index (χ3n) is 8.65. The second-order valence-electron chi connectivity index (χ2n) is 11.1. The zero-order chi connectivity index (χ0) is 27.2. The summed E-state index contributed by atoms with van der Waals surface area (Å²) in [5.74, 6) is 0.0457. The second-order valence-corrected chi connectivity index (χ2v) is 11.1. The topological polar surface area (TPSA) is 53.5 Å². The molecule has 4 aliphatic heterocycles. The Morgan fingerprint density at radius 2 is 2.03 bits per heavy atom. The third-order valence-corrected chi connectivity index (χ3v) is 8.65. The Morgan fingerprint density at radius 3 is 2.79 bits per heavy atom. The van der Waals surface area contributed by atoms with Gasteiger partial charge in [-0.05, 0) is 63.3 Å². The Morgan fingerprint density at radius 1 is 1.24 bits per heavy atom. The predicted octanol–water partition coefficient (Wildman–Crippen LogP) is 5.70. The minimum absolute atomic E-state index is 0. The van der Waals surface area contributed by atoms with E-state index in [0.29, 0.717) is 42.7 Å². The van der Waals surface area contributed by atoms with E-state index in [1.165, 1.54) is 0 Å². The molecule has 0 aliphatic carbocycles. The van der Waals surface area contributed by atoms with Crippen LogP contribution < -0.4 is 15.0 Å². The largest absolute Gasteiger partial charge is 0.461 e. The Hall–Kier alpha value is -2.46. The van der Waals surface area contributed by atoms with Crippen LogP contribution in [0.25, 0.3) is 10.9 Å². The highest BCUT2D eigenvalue weighted by Gasteiger charge is 2.49. The van der Waals surface area contributed by atoms with Crippen molar-refractivity contribution < 1.29 is 23.7 Å². The van der Waals surface area contributed by atoms with Crippen molar-refractivity contribution >= 4 is 16.7 Å². The lowest BCUT2D eigenvalue weighted by Crippen LogP contribution is -2.59. The molecule has 0 saturated carbocycles. The SMILES string of the molecule is CC.Cc1cc2c(N3C[C@H]4CC[C@@](C=C(F)F)(C3)N4)nc(OC[C@@]34CCCN3C[C@H](F)C4)nc2c(F)c1C.[HH]. The summed E-state index contributed by atoms with van der Waals surface area (Å²) in [6, 6.07) is 1.92. The second kappa shape index (κ2) is 10.3. The first-order valence-corrected chi connectivity index (χ1v) is 13.7. The van der Waals surface area contributed by atoms with Crippen LogP contribution in [0.4, 0.5) is 23.4 Å². The lowest BCUT2D eigenvalue weighted by Gasteiger charge is -2.40. The lowest BCUT2D eigenvalue weighted by atomic mass is 9.95. The number of nitrogens with one attached hydrogen (secondary N) is 1. The maximum atomic E-state index is 15.5. The Bertz CT molecular complexity index is 1240. The summed E-state index contributed by atoms with van der Waals surface area (Å²) in [6.07, 6.45) is 1.97. The summed E-state index contributed by atoms with van der Waals surface area (Å²) in [7, 11) is 0. The van der Waals surface area contributed by atoms with Gasteiger partial charge < -0.3 is 15.0 Å². The summed E-state index contributed by atoms with van der Waals surface area (Å²) in [6.45, 7) is 9.85. The molecule has 1 N–H and O–H groups in total. The van der Waals surface area contributed by atoms with Crippen molar-refractivity contribution in [1.29, 1.82) is 0 Å². The smallest absolute Gasteiger partial charge is 0.319 e. The number of aromatic nitrogens is 2. The average molecular weight is 538 g/mol. The van der Waals surface area contributed by atoms with Crippen LogP contribution in [0.2, 0.25) is 0 Å². The van der Waals surface area contributed by atoms with E-state index in [1.807, 2.05) is 31.7 Å². The number of aryl methyl sites for hydroxylation is 1. The van der Waals surface area contributed by atoms with Gasteiger partial charge in [-0.3, -0.25) is 4.90 Å². The molecule has 0 spiro atoms. The molecule has 4 fully saturated rings. The fourth-order valence-corrected chi connectivity index (χ4v) is 6.81. The van der Waals surface area contributed by atoms with E-state index in [9.17, 15) is 13.2 Å². The minimum atomic E-state index is -1.72. The molecule has 0 radical (unpaired) electrons. The number of ether oxygens (including phenoxy) is 1. The minimum Gasteiger partial charge on any atom is -0.461 e. The molecule has 0 unspecified atom stereocenters. The zero-order valence-electron chi connectivity index (χ0n) is 22.6. The van der Waals surface area contributed by atoms with E-state index >= 15 is 4.39 Å². The molecule has 1 aromatic heterocycles. The molecule has 5 heterocycles. The van der Waals surface area contributed by atoms with E-state index in [0.717, 1.165) is 37.4 Å². The Labute approximate surface area is 222 Å². The number of halogens is 4. The summed E-state index contributed by atoms with van der Waals surface area (Å²) < 4.78 is 62.4. The first-order chi connectivity index (χ1) is 18.2. The van der Waals surface area contributed by atoms with Crippen molar-refractivity contribution in [3.8, 4) is 6.01 Å². The normalized spacial score (nSPS) is 30.3. The van der Waals surface area contributed by atoms with Gasteiger partial charge in [-0.2, -0.15) is 18.7 Å². The molecule has 2 aromatic rings. The van der Waals surface area contributed by atoms with E-state index in [2.05, 4.69) is 15.2 Å². The average Bonchev–Trinajstić information content (AvgIpc) is 3.50. The van der Waals surface area contributed by atoms with E-state index in [4.69, 9.17) is 9.72 Å². The monoisotopic (exact) mass is 537 g/mol. The number of anilines is 1. The van der Waals surface area contributed by atoms with Gasteiger partial charge in [0.15, 0.2) is 5.82 Å². The van der Waals surface area contributed by atoms with Crippen molar-refractivity contribution in [1.82, 2.24) is 20.2 Å². The molecule has 0 amide bonds. The molecular weight excluding hydrogens is 498 g/mol. The molecule has 4 saturated heterocycles. The highest BCUT2D eigenvalue weighted by molar-refractivity contribution is 5.91. The number of hydrogen-bond acceptors (Lipinski definition) is 6. The van der Waals surface area contributed by atoms with Crippen LogP contribution in [0, 0.1) is 19.7 Å². The summed E-state index contributed by atoms with van der Waals surface area (Å²) in [4.78, 5) is 13.3. The van der Waals surface area contributed by atoms with Gasteiger partial charge in [0.25, 0.3) is 6.08 Å². The van der Waals surface area contributed by atoms with Crippen LogP contribution in [0.5, 0.6) is 6.01 Å². The van der Waals surface area contributed by atoms with Gasteiger partial charge >= 0.3 is 6.01 Å². The molecule has 4 atom stereocenters. The van der Waals surface area contributed by atoms with Gasteiger partial charge in [0.2, 0.25) is 0 Å². The molecule has 10 heteroatoms. The quantitative estimate of drug-likeness (QED) is 0.494. The first kappa shape index (κ1) is 27.1. The van der Waals surface area contributed by atoms with Crippen molar-refractivity contribution in [3.05, 3.63) is 35.2 Å². The number of hydrogen-bond donors (Lipinski definition) is 1. The van der Waals surface area contributed by atoms with E-state index in [-0.39, 0.29) is 37.7 Å². The summed E-state index contributed by atoms with van der Waals surface area (Å²) in [5, 5.41) is 3.87. The van der Waals surface area contributed by atoms with Crippen LogP contribution in [0.3, 0.4) is 0 Å². The highest BCUT2D eigenvalue weighted by Crippen LogP contribution is 2.41. The maximum Gasteiger partial charge on any atom is 0.319 e. The molecule has 1 aromatic carbocycles. The van der Waals surface area contributed by atoms with Crippen LogP contribution in [-0.4, -0.2) is 70.9 Å². The number of piperazine rings is 1. The van der Waals surface area contributed by atoms with Gasteiger partial charge in [0.05, 0.1) is 11.1 Å². The van der Waals surface area contributed by atoms with Gasteiger partial charge in [-0.15, -0.1) is 0 Å². The van der Waals surface area contributed by atoms with Crippen molar-refractivity contribution in [3.63, 3.8) is 0 Å². The van der Waals surface area contributed by atoms with Gasteiger partial charge in [-0.1, -0.05) is 13.8 Å². The van der Waals surface area contributed by atoms with Gasteiger partial charge in [-0.25, -0.2) is 8.78 Å². The molecule has 6 nitrogen and oxygen atoms in total. The predicted molar refractivity (Wildman–Crippen MR) is 142 cm³/mol.